The minimum atomic E-state index is -1.17. The predicted molar refractivity (Wildman–Crippen MR) is 154 cm³/mol. The Morgan fingerprint density at radius 3 is 2.10 bits per heavy atom. The Bertz CT molecular complexity index is 971. The van der Waals surface area contributed by atoms with Crippen molar-refractivity contribution in [1.29, 1.82) is 0 Å². The van der Waals surface area contributed by atoms with Crippen LogP contribution in [0.1, 0.15) is 57.9 Å². The van der Waals surface area contributed by atoms with E-state index in [4.69, 9.17) is 22.9 Å². The van der Waals surface area contributed by atoms with Crippen molar-refractivity contribution in [3.05, 3.63) is 35.9 Å². The topological polar surface area (TPSA) is 241 Å². The molecule has 0 aliphatic rings. The molecule has 0 saturated carbocycles. The van der Waals surface area contributed by atoms with Gasteiger partial charge in [0, 0.05) is 13.0 Å². The highest BCUT2D eigenvalue weighted by Gasteiger charge is 2.32. The lowest BCUT2D eigenvalue weighted by Crippen LogP contribution is -2.58. The van der Waals surface area contributed by atoms with Gasteiger partial charge in [-0.05, 0) is 43.7 Å². The lowest BCUT2D eigenvalue weighted by Gasteiger charge is -2.26. The molecule has 224 valence electrons. The average Bonchev–Trinajstić information content (AvgIpc) is 2.92. The zero-order valence-electron chi connectivity index (χ0n) is 23.5. The fourth-order valence-electron chi connectivity index (χ4n) is 3.96. The van der Waals surface area contributed by atoms with Crippen LogP contribution in [0.5, 0.6) is 0 Å². The number of carboxylic acids is 1. The third kappa shape index (κ3) is 12.9. The number of rotatable bonds is 19. The molecule has 0 aliphatic heterocycles. The van der Waals surface area contributed by atoms with E-state index < -0.39 is 47.9 Å². The summed E-state index contributed by atoms with van der Waals surface area (Å²) in [5.74, 6) is -3.36. The molecule has 13 nitrogen and oxygen atoms in total. The monoisotopic (exact) mass is 562 g/mol. The number of carboxylic acid groups (broad SMARTS) is 1. The maximum absolute atomic E-state index is 13.4. The molecule has 0 aliphatic carbocycles. The Hall–Kier alpha value is -3.71. The smallest absolute Gasteiger partial charge is 0.326 e. The Kier molecular flexibility index (Phi) is 15.9. The van der Waals surface area contributed by atoms with Crippen molar-refractivity contribution in [3.63, 3.8) is 0 Å². The van der Waals surface area contributed by atoms with Gasteiger partial charge in [0.1, 0.15) is 18.1 Å². The Morgan fingerprint density at radius 2 is 1.52 bits per heavy atom. The van der Waals surface area contributed by atoms with Crippen molar-refractivity contribution >= 4 is 29.7 Å². The Balaban J connectivity index is 3.14. The standard InChI is InChI=1S/C27H46N8O5/c1-3-17(2)22(26(39)40)35-25(38)21(16-18-10-5-4-6-11-18)34-24(37)20(13-9-15-32-27(30)31)33-23(36)19(29)12-7-8-14-28/h4-6,10-11,17,19-22H,3,7-9,12-16,28-29H2,1-2H3,(H,33,36)(H,34,37)(H,35,38)(H,39,40)(H4,30,31,32). The number of nitrogens with zero attached hydrogens (tertiary/aromatic N) is 1. The Morgan fingerprint density at radius 1 is 0.900 bits per heavy atom. The van der Waals surface area contributed by atoms with E-state index in [2.05, 4.69) is 20.9 Å². The highest BCUT2D eigenvalue weighted by molar-refractivity contribution is 5.94. The largest absolute Gasteiger partial charge is 0.480 e. The van der Waals surface area contributed by atoms with Crippen LogP contribution in [0.15, 0.2) is 35.3 Å². The highest BCUT2D eigenvalue weighted by atomic mass is 16.4. The molecule has 0 aromatic heterocycles. The molecule has 12 N–H and O–H groups in total. The van der Waals surface area contributed by atoms with Gasteiger partial charge in [-0.2, -0.15) is 0 Å². The molecule has 1 aromatic rings. The zero-order chi connectivity index (χ0) is 30.1. The quantitative estimate of drug-likeness (QED) is 0.0604. The summed E-state index contributed by atoms with van der Waals surface area (Å²) in [7, 11) is 0. The number of nitrogens with one attached hydrogen (secondary N) is 3. The summed E-state index contributed by atoms with van der Waals surface area (Å²) < 4.78 is 0. The second kappa shape index (κ2) is 18.6. The van der Waals surface area contributed by atoms with Crippen LogP contribution in [0.3, 0.4) is 0 Å². The van der Waals surface area contributed by atoms with Crippen molar-refractivity contribution in [3.8, 4) is 0 Å². The first-order chi connectivity index (χ1) is 19.0. The van der Waals surface area contributed by atoms with Gasteiger partial charge in [-0.15, -0.1) is 0 Å². The van der Waals surface area contributed by atoms with E-state index >= 15 is 0 Å². The van der Waals surface area contributed by atoms with E-state index in [9.17, 15) is 24.3 Å². The van der Waals surface area contributed by atoms with Crippen LogP contribution in [0.25, 0.3) is 0 Å². The number of unbranched alkanes of at least 4 members (excludes halogenated alkanes) is 1. The molecule has 0 saturated heterocycles. The number of nitrogens with two attached hydrogens (primary N) is 4. The van der Waals surface area contributed by atoms with Crippen molar-refractivity contribution in [2.24, 2.45) is 33.8 Å². The molecular formula is C27H46N8O5. The molecule has 5 unspecified atom stereocenters. The fraction of sp³-hybridized carbons (Fsp3) is 0.593. The molecule has 40 heavy (non-hydrogen) atoms. The summed E-state index contributed by atoms with van der Waals surface area (Å²) in [6, 6.07) is 4.90. The summed E-state index contributed by atoms with van der Waals surface area (Å²) in [6.45, 7) is 4.26. The number of guanidine groups is 1. The lowest BCUT2D eigenvalue weighted by molar-refractivity contribution is -0.143. The fourth-order valence-corrected chi connectivity index (χ4v) is 3.96. The number of aliphatic imine (C=N–C) groups is 1. The number of carbonyl (C=O) groups excluding carboxylic acids is 3. The summed E-state index contributed by atoms with van der Waals surface area (Å²) in [5, 5.41) is 17.6. The van der Waals surface area contributed by atoms with Crippen molar-refractivity contribution in [1.82, 2.24) is 16.0 Å². The normalized spacial score (nSPS) is 14.6. The van der Waals surface area contributed by atoms with Crippen LogP contribution >= 0.6 is 0 Å². The van der Waals surface area contributed by atoms with Crippen LogP contribution in [0, 0.1) is 5.92 Å². The van der Waals surface area contributed by atoms with Crippen molar-refractivity contribution in [2.45, 2.75) is 83.0 Å². The van der Waals surface area contributed by atoms with Crippen molar-refractivity contribution in [2.75, 3.05) is 13.1 Å². The maximum atomic E-state index is 13.4. The molecule has 1 aromatic carbocycles. The molecule has 0 bridgehead atoms. The minimum absolute atomic E-state index is 0.0964. The first-order valence-corrected chi connectivity index (χ1v) is 13.7. The Labute approximate surface area is 235 Å². The second-order valence-electron chi connectivity index (χ2n) is 9.86. The highest BCUT2D eigenvalue weighted by Crippen LogP contribution is 2.11. The van der Waals surface area contributed by atoms with E-state index in [1.807, 2.05) is 13.0 Å². The number of amides is 3. The van der Waals surface area contributed by atoms with E-state index in [1.54, 1.807) is 31.2 Å². The first kappa shape index (κ1) is 34.3. The maximum Gasteiger partial charge on any atom is 0.326 e. The SMILES string of the molecule is CCC(C)C(NC(=O)C(Cc1ccccc1)NC(=O)C(CCCN=C(N)N)NC(=O)C(N)CCCCN)C(=O)O. The molecule has 0 radical (unpaired) electrons. The van der Waals surface area contributed by atoms with E-state index in [-0.39, 0.29) is 31.3 Å². The lowest BCUT2D eigenvalue weighted by atomic mass is 9.98. The van der Waals surface area contributed by atoms with Gasteiger partial charge in [0.05, 0.1) is 6.04 Å². The molecule has 1 rings (SSSR count). The van der Waals surface area contributed by atoms with E-state index in [1.165, 1.54) is 0 Å². The predicted octanol–water partition coefficient (Wildman–Crippen LogP) is -0.676. The van der Waals surface area contributed by atoms with Crippen LogP contribution in [-0.4, -0.2) is 72.0 Å². The molecule has 0 fully saturated rings. The molecule has 0 heterocycles. The average molecular weight is 563 g/mol. The summed E-state index contributed by atoms with van der Waals surface area (Å²) in [5.41, 5.74) is 23.0. The summed E-state index contributed by atoms with van der Waals surface area (Å²) in [6.07, 6.45) is 2.95. The first-order valence-electron chi connectivity index (χ1n) is 13.7. The molecule has 13 heteroatoms. The van der Waals surface area contributed by atoms with Crippen LogP contribution in [0.4, 0.5) is 0 Å². The molecule has 3 amide bonds. The van der Waals surface area contributed by atoms with E-state index in [0.717, 1.165) is 5.56 Å². The van der Waals surface area contributed by atoms with Crippen LogP contribution < -0.4 is 38.9 Å². The molecule has 5 atom stereocenters. The van der Waals surface area contributed by atoms with Gasteiger partial charge in [0.2, 0.25) is 17.7 Å². The summed E-state index contributed by atoms with van der Waals surface area (Å²) in [4.78, 5) is 55.2. The van der Waals surface area contributed by atoms with Gasteiger partial charge in [0.15, 0.2) is 5.96 Å². The van der Waals surface area contributed by atoms with Crippen molar-refractivity contribution < 1.29 is 24.3 Å². The number of aliphatic carboxylic acids is 1. The minimum Gasteiger partial charge on any atom is -0.480 e. The van der Waals surface area contributed by atoms with Crippen LogP contribution in [0.2, 0.25) is 0 Å². The number of hydrogen-bond donors (Lipinski definition) is 8. The number of benzene rings is 1. The third-order valence-corrected chi connectivity index (χ3v) is 6.58. The number of carbonyl (C=O) groups is 4. The van der Waals surface area contributed by atoms with Gasteiger partial charge >= 0.3 is 5.97 Å². The second-order valence-corrected chi connectivity index (χ2v) is 9.86. The van der Waals surface area contributed by atoms with Gasteiger partial charge in [-0.1, -0.05) is 57.0 Å². The van der Waals surface area contributed by atoms with Crippen LogP contribution in [-0.2, 0) is 25.6 Å². The molecular weight excluding hydrogens is 516 g/mol. The van der Waals surface area contributed by atoms with Gasteiger partial charge in [-0.25, -0.2) is 4.79 Å². The van der Waals surface area contributed by atoms with Gasteiger partial charge in [0.25, 0.3) is 0 Å². The third-order valence-electron chi connectivity index (χ3n) is 6.58. The number of hydrogen-bond acceptors (Lipinski definition) is 7. The van der Waals surface area contributed by atoms with Gasteiger partial charge in [-0.3, -0.25) is 19.4 Å². The van der Waals surface area contributed by atoms with E-state index in [0.29, 0.717) is 38.6 Å². The van der Waals surface area contributed by atoms with Gasteiger partial charge < -0.3 is 44.0 Å². The molecule has 0 spiro atoms. The summed E-state index contributed by atoms with van der Waals surface area (Å²) >= 11 is 0. The zero-order valence-corrected chi connectivity index (χ0v) is 23.5.